The Hall–Kier alpha value is -1.86. The Morgan fingerprint density at radius 3 is 2.62 bits per heavy atom. The molecule has 1 heterocycles. The summed E-state index contributed by atoms with van der Waals surface area (Å²) in [4.78, 5) is 24.8. The highest BCUT2D eigenvalue weighted by molar-refractivity contribution is 9.10. The number of aryl methyl sites for hydroxylation is 2. The van der Waals surface area contributed by atoms with Crippen LogP contribution in [0.5, 0.6) is 5.75 Å². The van der Waals surface area contributed by atoms with Crippen molar-refractivity contribution in [1.82, 2.24) is 0 Å². The summed E-state index contributed by atoms with van der Waals surface area (Å²) in [5.74, 6) is -0.254. The van der Waals surface area contributed by atoms with Crippen LogP contribution < -0.4 is 15.8 Å². The molecule has 0 radical (unpaired) electrons. The van der Waals surface area contributed by atoms with Gasteiger partial charge in [0, 0.05) is 9.35 Å². The van der Waals surface area contributed by atoms with Gasteiger partial charge in [-0.15, -0.1) is 11.3 Å². The summed E-state index contributed by atoms with van der Waals surface area (Å²) >= 11 is 4.77. The highest BCUT2D eigenvalue weighted by atomic mass is 79.9. The first-order valence-electron chi connectivity index (χ1n) is 7.44. The number of thiophene rings is 1. The van der Waals surface area contributed by atoms with E-state index in [1.54, 1.807) is 6.07 Å². The van der Waals surface area contributed by atoms with Crippen molar-refractivity contribution in [2.45, 2.75) is 27.2 Å². The van der Waals surface area contributed by atoms with Crippen LogP contribution in [0.4, 0.5) is 5.00 Å². The third kappa shape index (κ3) is 4.15. The quantitative estimate of drug-likeness (QED) is 0.759. The lowest BCUT2D eigenvalue weighted by Crippen LogP contribution is -2.22. The minimum absolute atomic E-state index is 0.141. The predicted octanol–water partition coefficient (Wildman–Crippen LogP) is 3.81. The molecule has 0 bridgehead atoms. The minimum atomic E-state index is -0.532. The van der Waals surface area contributed by atoms with Crippen molar-refractivity contribution in [2.75, 3.05) is 11.9 Å². The zero-order valence-electron chi connectivity index (χ0n) is 13.7. The SMILES string of the molecule is CCc1c(C)sc(NC(=O)COc2ccc(Br)c(C)c2)c1C(N)=O. The van der Waals surface area contributed by atoms with Crippen molar-refractivity contribution in [3.05, 3.63) is 44.2 Å². The molecule has 0 unspecified atom stereocenters. The van der Waals surface area contributed by atoms with Crippen LogP contribution in [0.2, 0.25) is 0 Å². The summed E-state index contributed by atoms with van der Waals surface area (Å²) in [7, 11) is 0. The van der Waals surface area contributed by atoms with Gasteiger partial charge in [-0.1, -0.05) is 22.9 Å². The Morgan fingerprint density at radius 1 is 1.33 bits per heavy atom. The molecular weight excluding hydrogens is 392 g/mol. The van der Waals surface area contributed by atoms with Crippen LogP contribution in [0, 0.1) is 13.8 Å². The van der Waals surface area contributed by atoms with Crippen molar-refractivity contribution in [3.8, 4) is 5.75 Å². The molecule has 1 aromatic heterocycles. The number of nitrogens with two attached hydrogens (primary N) is 1. The van der Waals surface area contributed by atoms with Gasteiger partial charge in [-0.05, 0) is 49.6 Å². The van der Waals surface area contributed by atoms with Crippen LogP contribution in [0.15, 0.2) is 22.7 Å². The van der Waals surface area contributed by atoms with E-state index in [0.29, 0.717) is 22.7 Å². The minimum Gasteiger partial charge on any atom is -0.484 e. The molecule has 0 aliphatic rings. The second-order valence-electron chi connectivity index (χ2n) is 5.31. The first kappa shape index (κ1) is 18.5. The maximum absolute atomic E-state index is 12.1. The normalized spacial score (nSPS) is 10.5. The molecule has 24 heavy (non-hydrogen) atoms. The van der Waals surface area contributed by atoms with E-state index in [1.807, 2.05) is 32.9 Å². The summed E-state index contributed by atoms with van der Waals surface area (Å²) in [6.07, 6.45) is 0.686. The number of ether oxygens (including phenoxy) is 1. The van der Waals surface area contributed by atoms with E-state index >= 15 is 0 Å². The molecule has 0 saturated heterocycles. The number of halogens is 1. The Morgan fingerprint density at radius 2 is 2.04 bits per heavy atom. The molecule has 2 aromatic rings. The molecule has 1 aromatic carbocycles. The topological polar surface area (TPSA) is 81.4 Å². The second kappa shape index (κ2) is 7.81. The molecule has 7 heteroatoms. The zero-order chi connectivity index (χ0) is 17.9. The van der Waals surface area contributed by atoms with E-state index in [1.165, 1.54) is 11.3 Å². The summed E-state index contributed by atoms with van der Waals surface area (Å²) in [5, 5.41) is 3.21. The van der Waals surface area contributed by atoms with Gasteiger partial charge in [-0.2, -0.15) is 0 Å². The van der Waals surface area contributed by atoms with E-state index in [9.17, 15) is 9.59 Å². The van der Waals surface area contributed by atoms with E-state index in [0.717, 1.165) is 20.5 Å². The first-order valence-corrected chi connectivity index (χ1v) is 9.05. The molecule has 0 fully saturated rings. The molecule has 0 aliphatic heterocycles. The Bertz CT molecular complexity index is 786. The van der Waals surface area contributed by atoms with Gasteiger partial charge in [0.2, 0.25) is 0 Å². The van der Waals surface area contributed by atoms with Crippen LogP contribution in [0.1, 0.15) is 33.3 Å². The number of carbonyl (C=O) groups excluding carboxylic acids is 2. The number of benzene rings is 1. The monoisotopic (exact) mass is 410 g/mol. The summed E-state index contributed by atoms with van der Waals surface area (Å²) in [5.41, 5.74) is 7.75. The molecule has 0 aliphatic carbocycles. The number of carbonyl (C=O) groups is 2. The van der Waals surface area contributed by atoms with Crippen molar-refractivity contribution >= 4 is 44.1 Å². The third-order valence-electron chi connectivity index (χ3n) is 3.56. The average Bonchev–Trinajstić information content (AvgIpc) is 2.83. The molecular formula is C17H19BrN2O3S. The summed E-state index contributed by atoms with van der Waals surface area (Å²) < 4.78 is 6.47. The van der Waals surface area contributed by atoms with Gasteiger partial charge in [0.25, 0.3) is 11.8 Å². The fourth-order valence-electron chi connectivity index (χ4n) is 2.37. The number of hydrogen-bond acceptors (Lipinski definition) is 4. The Balaban J connectivity index is 2.07. The number of rotatable bonds is 6. The molecule has 5 nitrogen and oxygen atoms in total. The number of nitrogens with one attached hydrogen (secondary N) is 1. The molecule has 2 amide bonds. The lowest BCUT2D eigenvalue weighted by molar-refractivity contribution is -0.118. The zero-order valence-corrected chi connectivity index (χ0v) is 16.1. The Kier molecular flexibility index (Phi) is 6.01. The van der Waals surface area contributed by atoms with Crippen LogP contribution >= 0.6 is 27.3 Å². The smallest absolute Gasteiger partial charge is 0.262 e. The average molecular weight is 411 g/mol. The molecule has 0 spiro atoms. The van der Waals surface area contributed by atoms with E-state index in [4.69, 9.17) is 10.5 Å². The molecule has 3 N–H and O–H groups in total. The van der Waals surface area contributed by atoms with Crippen LogP contribution in [-0.4, -0.2) is 18.4 Å². The van der Waals surface area contributed by atoms with Gasteiger partial charge in [-0.25, -0.2) is 0 Å². The first-order chi connectivity index (χ1) is 11.3. The second-order valence-corrected chi connectivity index (χ2v) is 7.39. The van der Waals surface area contributed by atoms with Gasteiger partial charge in [-0.3, -0.25) is 9.59 Å². The van der Waals surface area contributed by atoms with Crippen molar-refractivity contribution in [2.24, 2.45) is 5.73 Å². The van der Waals surface area contributed by atoms with Gasteiger partial charge < -0.3 is 15.8 Å². The largest absolute Gasteiger partial charge is 0.484 e. The predicted molar refractivity (Wildman–Crippen MR) is 100.0 cm³/mol. The van der Waals surface area contributed by atoms with Crippen molar-refractivity contribution in [1.29, 1.82) is 0 Å². The maximum Gasteiger partial charge on any atom is 0.262 e. The number of primary amides is 1. The number of anilines is 1. The van der Waals surface area contributed by atoms with Gasteiger partial charge in [0.1, 0.15) is 10.8 Å². The number of amides is 2. The van der Waals surface area contributed by atoms with Crippen molar-refractivity contribution in [3.63, 3.8) is 0 Å². The Labute approximate surface area is 153 Å². The highest BCUT2D eigenvalue weighted by Crippen LogP contribution is 2.33. The lowest BCUT2D eigenvalue weighted by atomic mass is 10.1. The van der Waals surface area contributed by atoms with E-state index in [-0.39, 0.29) is 12.5 Å². The maximum atomic E-state index is 12.1. The van der Waals surface area contributed by atoms with E-state index in [2.05, 4.69) is 21.2 Å². The van der Waals surface area contributed by atoms with Gasteiger partial charge >= 0.3 is 0 Å². The summed E-state index contributed by atoms with van der Waals surface area (Å²) in [6.45, 7) is 5.66. The van der Waals surface area contributed by atoms with Gasteiger partial charge in [0.15, 0.2) is 6.61 Å². The molecule has 0 atom stereocenters. The fraction of sp³-hybridized carbons (Fsp3) is 0.294. The molecule has 2 rings (SSSR count). The van der Waals surface area contributed by atoms with Crippen molar-refractivity contribution < 1.29 is 14.3 Å². The molecule has 0 saturated carbocycles. The van der Waals surface area contributed by atoms with Crippen LogP contribution in [-0.2, 0) is 11.2 Å². The van der Waals surface area contributed by atoms with Crippen LogP contribution in [0.3, 0.4) is 0 Å². The van der Waals surface area contributed by atoms with Gasteiger partial charge in [0.05, 0.1) is 5.56 Å². The fourth-order valence-corrected chi connectivity index (χ4v) is 3.78. The third-order valence-corrected chi connectivity index (χ3v) is 5.51. The van der Waals surface area contributed by atoms with E-state index < -0.39 is 5.91 Å². The summed E-state index contributed by atoms with van der Waals surface area (Å²) in [6, 6.07) is 5.49. The molecule has 128 valence electrons. The highest BCUT2D eigenvalue weighted by Gasteiger charge is 2.20. The standard InChI is InChI=1S/C17H19BrN2O3S/c1-4-12-10(3)24-17(15(12)16(19)22)20-14(21)8-23-11-5-6-13(18)9(2)7-11/h5-7H,4,8H2,1-3H3,(H2,19,22)(H,20,21). The number of hydrogen-bond donors (Lipinski definition) is 2. The van der Waals surface area contributed by atoms with Crippen LogP contribution in [0.25, 0.3) is 0 Å². The lowest BCUT2D eigenvalue weighted by Gasteiger charge is -2.09.